The molecule has 1 heterocycles. The van der Waals surface area contributed by atoms with Crippen LogP contribution in [0.3, 0.4) is 0 Å². The van der Waals surface area contributed by atoms with Crippen LogP contribution >= 0.6 is 0 Å². The van der Waals surface area contributed by atoms with Crippen molar-refractivity contribution in [3.63, 3.8) is 0 Å². The lowest BCUT2D eigenvalue weighted by molar-refractivity contribution is -0.140. The molecule has 176 valence electrons. The molecule has 1 fully saturated rings. The number of hydrogen-bond donors (Lipinski definition) is 1. The normalized spacial score (nSPS) is 17.7. The summed E-state index contributed by atoms with van der Waals surface area (Å²) >= 11 is 0. The number of Topliss-reactive ketones (excluding diaryl/α,β-unsaturated/α-hetero) is 1. The summed E-state index contributed by atoms with van der Waals surface area (Å²) in [7, 11) is 4.71. The van der Waals surface area contributed by atoms with Gasteiger partial charge in [-0.1, -0.05) is 26.0 Å². The fraction of sp³-hybridized carbons (Fsp3) is 0.385. The van der Waals surface area contributed by atoms with Crippen LogP contribution in [-0.4, -0.2) is 56.2 Å². The minimum absolute atomic E-state index is 0.0595. The zero-order valence-corrected chi connectivity index (χ0v) is 20.0. The molecule has 0 spiro atoms. The molecule has 33 heavy (non-hydrogen) atoms. The van der Waals surface area contributed by atoms with Gasteiger partial charge in [0.15, 0.2) is 0 Å². The maximum absolute atomic E-state index is 13.2. The van der Waals surface area contributed by atoms with Crippen LogP contribution in [0.25, 0.3) is 5.76 Å². The largest absolute Gasteiger partial charge is 0.507 e. The molecule has 1 unspecified atom stereocenters. The molecule has 1 atom stereocenters. The van der Waals surface area contributed by atoms with E-state index in [0.29, 0.717) is 22.6 Å². The Morgan fingerprint density at radius 2 is 1.73 bits per heavy atom. The van der Waals surface area contributed by atoms with Crippen LogP contribution < -0.4 is 9.47 Å². The van der Waals surface area contributed by atoms with Gasteiger partial charge in [0.05, 0.1) is 32.4 Å². The highest BCUT2D eigenvalue weighted by Gasteiger charge is 2.46. The number of hydrogen-bond acceptors (Lipinski definition) is 6. The van der Waals surface area contributed by atoms with Crippen LogP contribution in [0.15, 0.2) is 42.0 Å². The number of carbonyl (C=O) groups excluding carboxylic acids is 2. The fourth-order valence-electron chi connectivity index (χ4n) is 4.16. The Balaban J connectivity index is 2.23. The lowest BCUT2D eigenvalue weighted by atomic mass is 9.91. The van der Waals surface area contributed by atoms with Gasteiger partial charge in [0, 0.05) is 19.2 Å². The maximum Gasteiger partial charge on any atom is 0.295 e. The van der Waals surface area contributed by atoms with Crippen LogP contribution in [0.5, 0.6) is 11.5 Å². The summed E-state index contributed by atoms with van der Waals surface area (Å²) in [6.07, 6.45) is 0. The van der Waals surface area contributed by atoms with Gasteiger partial charge in [-0.25, -0.2) is 0 Å². The molecule has 0 aromatic heterocycles. The number of likely N-dealkylation sites (tertiary alicyclic amines) is 1. The highest BCUT2D eigenvalue weighted by atomic mass is 16.5. The van der Waals surface area contributed by atoms with Crippen LogP contribution in [-0.2, 0) is 14.3 Å². The fourth-order valence-corrected chi connectivity index (χ4v) is 4.16. The zero-order chi connectivity index (χ0) is 24.3. The average Bonchev–Trinajstić information content (AvgIpc) is 3.06. The Hall–Kier alpha value is -3.32. The SMILES string of the molecule is COCCN1C(=O)C(=O)/C(=C(/O)c2cc(C(C)C)c(OC)cc2C)C1c1ccc(OC)cc1. The zero-order valence-electron chi connectivity index (χ0n) is 20.0. The lowest BCUT2D eigenvalue weighted by Crippen LogP contribution is -2.32. The summed E-state index contributed by atoms with van der Waals surface area (Å²) in [6.45, 7) is 6.37. The molecule has 2 aromatic carbocycles. The van der Waals surface area contributed by atoms with Gasteiger partial charge >= 0.3 is 0 Å². The van der Waals surface area contributed by atoms with Crippen molar-refractivity contribution in [2.45, 2.75) is 32.7 Å². The third kappa shape index (κ3) is 4.59. The standard InChI is InChI=1S/C26H31NO6/c1-15(2)19-14-20(16(3)13-21(19)33-6)24(28)22-23(17-7-9-18(32-5)10-8-17)27(11-12-31-4)26(30)25(22)29/h7-10,13-15,23,28H,11-12H2,1-6H3/b24-22+. The van der Waals surface area contributed by atoms with E-state index in [9.17, 15) is 14.7 Å². The number of carbonyl (C=O) groups is 2. The molecule has 7 nitrogen and oxygen atoms in total. The van der Waals surface area contributed by atoms with E-state index in [1.165, 1.54) is 12.0 Å². The number of ether oxygens (including phenoxy) is 3. The number of benzene rings is 2. The third-order valence-corrected chi connectivity index (χ3v) is 5.96. The maximum atomic E-state index is 13.2. The van der Waals surface area contributed by atoms with Crippen LogP contribution in [0.2, 0.25) is 0 Å². The predicted octanol–water partition coefficient (Wildman–Crippen LogP) is 4.20. The first-order valence-electron chi connectivity index (χ1n) is 10.8. The van der Waals surface area contributed by atoms with E-state index in [-0.39, 0.29) is 30.4 Å². The molecule has 1 amide bonds. The van der Waals surface area contributed by atoms with Crippen molar-refractivity contribution < 1.29 is 28.9 Å². The van der Waals surface area contributed by atoms with E-state index in [1.54, 1.807) is 38.5 Å². The number of aliphatic hydroxyl groups excluding tert-OH is 1. The number of amides is 1. The molecule has 0 aliphatic carbocycles. The first kappa shape index (κ1) is 24.3. The van der Waals surface area contributed by atoms with E-state index in [2.05, 4.69) is 0 Å². The first-order valence-corrected chi connectivity index (χ1v) is 10.8. The van der Waals surface area contributed by atoms with Crippen molar-refractivity contribution in [2.24, 2.45) is 0 Å². The van der Waals surface area contributed by atoms with E-state index < -0.39 is 17.7 Å². The second kappa shape index (κ2) is 10.1. The number of nitrogens with zero attached hydrogens (tertiary/aromatic N) is 1. The number of aryl methyl sites for hydroxylation is 1. The van der Waals surface area contributed by atoms with Crippen molar-refractivity contribution in [1.82, 2.24) is 4.90 Å². The summed E-state index contributed by atoms with van der Waals surface area (Å²) in [5.41, 5.74) is 2.90. The second-order valence-corrected chi connectivity index (χ2v) is 8.32. The first-order chi connectivity index (χ1) is 15.7. The molecule has 1 N–H and O–H groups in total. The quantitative estimate of drug-likeness (QED) is 0.366. The van der Waals surface area contributed by atoms with Gasteiger partial charge in [-0.15, -0.1) is 0 Å². The van der Waals surface area contributed by atoms with Crippen LogP contribution in [0.1, 0.15) is 48.1 Å². The third-order valence-electron chi connectivity index (χ3n) is 5.96. The molecule has 0 bridgehead atoms. The summed E-state index contributed by atoms with van der Waals surface area (Å²) in [4.78, 5) is 27.6. The van der Waals surface area contributed by atoms with Crippen molar-refractivity contribution in [1.29, 1.82) is 0 Å². The molecule has 1 aliphatic heterocycles. The summed E-state index contributed by atoms with van der Waals surface area (Å²) in [6, 6.07) is 10.1. The molecule has 3 rings (SSSR count). The van der Waals surface area contributed by atoms with Gasteiger partial charge in [-0.2, -0.15) is 0 Å². The molecule has 1 saturated heterocycles. The van der Waals surface area contributed by atoms with Gasteiger partial charge in [-0.05, 0) is 53.8 Å². The topological polar surface area (TPSA) is 85.3 Å². The smallest absolute Gasteiger partial charge is 0.295 e. The Labute approximate surface area is 194 Å². The van der Waals surface area contributed by atoms with E-state index >= 15 is 0 Å². The number of rotatable bonds is 8. The van der Waals surface area contributed by atoms with Crippen molar-refractivity contribution in [2.75, 3.05) is 34.5 Å². The lowest BCUT2D eigenvalue weighted by Gasteiger charge is -2.25. The number of ketones is 1. The average molecular weight is 454 g/mol. The second-order valence-electron chi connectivity index (χ2n) is 8.32. The van der Waals surface area contributed by atoms with E-state index in [4.69, 9.17) is 14.2 Å². The minimum atomic E-state index is -0.741. The molecular formula is C26H31NO6. The van der Waals surface area contributed by atoms with Crippen molar-refractivity contribution in [3.05, 3.63) is 64.2 Å². The van der Waals surface area contributed by atoms with Gasteiger partial charge in [0.1, 0.15) is 17.3 Å². The van der Waals surface area contributed by atoms with Gasteiger partial charge in [-0.3, -0.25) is 9.59 Å². The van der Waals surface area contributed by atoms with Crippen LogP contribution in [0.4, 0.5) is 0 Å². The molecule has 7 heteroatoms. The van der Waals surface area contributed by atoms with E-state index in [1.807, 2.05) is 32.9 Å². The summed E-state index contributed by atoms with van der Waals surface area (Å²) in [5, 5.41) is 11.4. The van der Waals surface area contributed by atoms with Gasteiger partial charge in [0.2, 0.25) is 0 Å². The monoisotopic (exact) mass is 453 g/mol. The highest BCUT2D eigenvalue weighted by molar-refractivity contribution is 6.46. The highest BCUT2D eigenvalue weighted by Crippen LogP contribution is 2.41. The molecule has 2 aromatic rings. The molecule has 1 aliphatic rings. The molecule has 0 radical (unpaired) electrons. The van der Waals surface area contributed by atoms with Crippen molar-refractivity contribution >= 4 is 17.4 Å². The molecule has 0 saturated carbocycles. The van der Waals surface area contributed by atoms with Gasteiger partial charge in [0.25, 0.3) is 11.7 Å². The van der Waals surface area contributed by atoms with E-state index in [0.717, 1.165) is 11.1 Å². The van der Waals surface area contributed by atoms with Crippen LogP contribution in [0, 0.1) is 6.92 Å². The number of methoxy groups -OCH3 is 3. The minimum Gasteiger partial charge on any atom is -0.507 e. The Morgan fingerprint density at radius 1 is 1.06 bits per heavy atom. The molecular weight excluding hydrogens is 422 g/mol. The Bertz CT molecular complexity index is 1070. The van der Waals surface area contributed by atoms with Crippen molar-refractivity contribution in [3.8, 4) is 11.5 Å². The van der Waals surface area contributed by atoms with Gasteiger partial charge < -0.3 is 24.2 Å². The predicted molar refractivity (Wildman–Crippen MR) is 126 cm³/mol. The summed E-state index contributed by atoms with van der Waals surface area (Å²) < 4.78 is 15.9. The Morgan fingerprint density at radius 3 is 2.27 bits per heavy atom. The number of aliphatic hydroxyl groups is 1. The Kier molecular flexibility index (Phi) is 7.43. The summed E-state index contributed by atoms with van der Waals surface area (Å²) in [5.74, 6) is -0.0772.